The van der Waals surface area contributed by atoms with E-state index in [2.05, 4.69) is 33.0 Å². The van der Waals surface area contributed by atoms with Gasteiger partial charge in [-0.15, -0.1) is 0 Å². The van der Waals surface area contributed by atoms with Crippen LogP contribution in [0.4, 0.5) is 11.4 Å². The molecule has 1 fully saturated rings. The second-order valence-corrected chi connectivity index (χ2v) is 19.9. The Labute approximate surface area is 413 Å². The molecule has 362 valence electrons. The molecule has 14 heteroatoms. The van der Waals surface area contributed by atoms with E-state index in [-0.39, 0.29) is 37.7 Å². The fraction of sp³-hybridized carbons (Fsp3) is 0.263. The lowest BCUT2D eigenvalue weighted by atomic mass is 9.92. The van der Waals surface area contributed by atoms with Crippen molar-refractivity contribution >= 4 is 30.9 Å². The molecule has 1 saturated heterocycles. The van der Waals surface area contributed by atoms with Gasteiger partial charge in [0.25, 0.3) is 5.91 Å². The number of amides is 1. The predicted molar refractivity (Wildman–Crippen MR) is 270 cm³/mol. The summed E-state index contributed by atoms with van der Waals surface area (Å²) in [6, 6.07) is 47.4. The summed E-state index contributed by atoms with van der Waals surface area (Å²) in [4.78, 5) is 34.3. The zero-order chi connectivity index (χ0) is 48.2. The van der Waals surface area contributed by atoms with Gasteiger partial charge in [-0.05, 0) is 115 Å². The maximum atomic E-state index is 15.2. The number of aromatic nitrogens is 1. The van der Waals surface area contributed by atoms with Crippen molar-refractivity contribution in [2.24, 2.45) is 0 Å². The summed E-state index contributed by atoms with van der Waals surface area (Å²) in [6.07, 6.45) is 3.41. The molecule has 0 saturated carbocycles. The first-order chi connectivity index (χ1) is 34.8. The number of hydrogen-bond donors (Lipinski definition) is 1. The lowest BCUT2D eigenvalue weighted by Crippen LogP contribution is -2.52. The third kappa shape index (κ3) is 10.4. The highest BCUT2D eigenvalue weighted by atomic mass is 31.2. The SMILES string of the molecule is O=C(c1ccc(Nc2ccc(OP(=O)(OCc3ccccc3)OCc3ccccc3)cc2)cc1)c1cc(-c2cc3c(cc2C(=O)N2Cc4ccccc4C[C@H]2CN2CCOCC2)OCO3)n2c1CCCC2. The Kier molecular flexibility index (Phi) is 13.6. The van der Waals surface area contributed by atoms with E-state index in [0.717, 1.165) is 96.9 Å². The Balaban J connectivity index is 0.821. The van der Waals surface area contributed by atoms with Gasteiger partial charge in [0.05, 0.1) is 32.0 Å². The molecular weight excluding hydrogens is 916 g/mol. The number of hydrogen-bond acceptors (Lipinski definition) is 11. The summed E-state index contributed by atoms with van der Waals surface area (Å²) < 4.78 is 51.2. The van der Waals surface area contributed by atoms with Crippen molar-refractivity contribution < 1.29 is 41.9 Å². The Morgan fingerprint density at radius 3 is 2.00 bits per heavy atom. The Bertz CT molecular complexity index is 3020. The number of ketones is 1. The van der Waals surface area contributed by atoms with Crippen molar-refractivity contribution in [1.82, 2.24) is 14.4 Å². The van der Waals surface area contributed by atoms with Gasteiger partial charge in [-0.25, -0.2) is 4.57 Å². The van der Waals surface area contributed by atoms with Crippen LogP contribution in [-0.4, -0.2) is 71.7 Å². The van der Waals surface area contributed by atoms with Crippen molar-refractivity contribution in [3.05, 3.63) is 196 Å². The van der Waals surface area contributed by atoms with Crippen molar-refractivity contribution in [2.75, 3.05) is 45.0 Å². The van der Waals surface area contributed by atoms with E-state index in [1.807, 2.05) is 126 Å². The normalized spacial score (nSPS) is 16.5. The average molecular weight is 971 g/mol. The molecule has 71 heavy (non-hydrogen) atoms. The number of carbonyl (C=O) groups is 2. The van der Waals surface area contributed by atoms with Gasteiger partial charge in [-0.2, -0.15) is 0 Å². The number of morpholine rings is 1. The number of phosphoric ester groups is 1. The summed E-state index contributed by atoms with van der Waals surface area (Å²) in [5.74, 6) is 1.28. The zero-order valence-electron chi connectivity index (χ0n) is 39.4. The van der Waals surface area contributed by atoms with E-state index < -0.39 is 7.82 Å². The molecule has 0 unspecified atom stereocenters. The van der Waals surface area contributed by atoms with Crippen LogP contribution < -0.4 is 19.3 Å². The van der Waals surface area contributed by atoms with Gasteiger partial charge < -0.3 is 33.5 Å². The molecule has 1 atom stereocenters. The largest absolute Gasteiger partial charge is 0.530 e. The molecule has 13 nitrogen and oxygen atoms in total. The number of rotatable bonds is 16. The molecule has 1 aromatic heterocycles. The van der Waals surface area contributed by atoms with E-state index in [4.69, 9.17) is 27.8 Å². The first kappa shape index (κ1) is 46.4. The molecular formula is C57H55N4O9P. The third-order valence-electron chi connectivity index (χ3n) is 13.7. The maximum Gasteiger partial charge on any atom is 0.530 e. The van der Waals surface area contributed by atoms with Gasteiger partial charge in [0.2, 0.25) is 6.79 Å². The van der Waals surface area contributed by atoms with Crippen molar-refractivity contribution in [1.29, 1.82) is 0 Å². The molecule has 0 spiro atoms. The fourth-order valence-electron chi connectivity index (χ4n) is 9.95. The molecule has 0 bridgehead atoms. The van der Waals surface area contributed by atoms with Crippen molar-refractivity contribution in [2.45, 2.75) is 58.0 Å². The fourth-order valence-corrected chi connectivity index (χ4v) is 11.1. The highest BCUT2D eigenvalue weighted by Crippen LogP contribution is 2.51. The first-order valence-corrected chi connectivity index (χ1v) is 25.8. The van der Waals surface area contributed by atoms with Crippen LogP contribution in [0.1, 0.15) is 67.1 Å². The molecule has 4 aliphatic rings. The van der Waals surface area contributed by atoms with Gasteiger partial charge in [0.1, 0.15) is 5.75 Å². The minimum atomic E-state index is -4.04. The molecule has 11 rings (SSSR count). The number of phosphoric acid groups is 1. The van der Waals surface area contributed by atoms with Gasteiger partial charge in [0, 0.05) is 78.2 Å². The molecule has 4 aliphatic heterocycles. The Morgan fingerprint density at radius 1 is 0.676 bits per heavy atom. The van der Waals surface area contributed by atoms with E-state index >= 15 is 4.79 Å². The van der Waals surface area contributed by atoms with Crippen LogP contribution in [0.3, 0.4) is 0 Å². The minimum Gasteiger partial charge on any atom is -0.454 e. The molecule has 1 amide bonds. The maximum absolute atomic E-state index is 15.2. The summed E-state index contributed by atoms with van der Waals surface area (Å²) in [5, 5.41) is 3.40. The lowest BCUT2D eigenvalue weighted by Gasteiger charge is -2.40. The Morgan fingerprint density at radius 2 is 1.31 bits per heavy atom. The second kappa shape index (κ2) is 20.8. The van der Waals surface area contributed by atoms with E-state index in [1.54, 1.807) is 12.1 Å². The van der Waals surface area contributed by atoms with Crippen molar-refractivity contribution in [3.8, 4) is 28.5 Å². The summed E-state index contributed by atoms with van der Waals surface area (Å²) in [6.45, 7) is 5.17. The standard InChI is InChI=1S/C57H55N4O9P/c62-56(42-18-20-45(21-19-42)58-46-22-24-48(25-23-46)70-71(64,68-37-40-11-3-1-4-12-40)69-38-41-13-5-2-6-14-41)51-32-53(60-26-10-9-17-52(51)60)49-33-54-55(67-39-66-54)34-50(49)57(63)61-35-44-16-8-7-15-43(44)31-47(61)36-59-27-29-65-30-28-59/h1-8,11-16,18-25,32-34,47,58H,9-10,17,26-31,35-39H2/t47-/m0/s1. The number of carbonyl (C=O) groups excluding carboxylic acids is 2. The third-order valence-corrected chi connectivity index (χ3v) is 15.0. The lowest BCUT2D eigenvalue weighted by molar-refractivity contribution is 0.0193. The summed E-state index contributed by atoms with van der Waals surface area (Å²) in [7, 11) is -4.04. The van der Waals surface area contributed by atoms with Crippen LogP contribution in [0.5, 0.6) is 17.2 Å². The molecule has 6 aromatic carbocycles. The quantitative estimate of drug-likeness (QED) is 0.0734. The number of nitrogens with zero attached hydrogens (tertiary/aromatic N) is 3. The van der Waals surface area contributed by atoms with Gasteiger partial charge in [0.15, 0.2) is 17.3 Å². The van der Waals surface area contributed by atoms with E-state index in [9.17, 15) is 9.36 Å². The topological polar surface area (TPSA) is 130 Å². The smallest absolute Gasteiger partial charge is 0.454 e. The average Bonchev–Trinajstić information content (AvgIpc) is 4.05. The molecule has 0 aliphatic carbocycles. The van der Waals surface area contributed by atoms with Crippen molar-refractivity contribution in [3.63, 3.8) is 0 Å². The molecule has 7 aromatic rings. The first-order valence-electron chi connectivity index (χ1n) is 24.4. The zero-order valence-corrected chi connectivity index (χ0v) is 40.3. The van der Waals surface area contributed by atoms with Crippen LogP contribution in [0.25, 0.3) is 11.3 Å². The van der Waals surface area contributed by atoms with Gasteiger partial charge in [-0.3, -0.25) is 23.5 Å². The predicted octanol–water partition coefficient (Wildman–Crippen LogP) is 11.0. The van der Waals surface area contributed by atoms with E-state index in [0.29, 0.717) is 53.7 Å². The minimum absolute atomic E-state index is 0.0424. The second-order valence-electron chi connectivity index (χ2n) is 18.3. The van der Waals surface area contributed by atoms with Gasteiger partial charge >= 0.3 is 7.82 Å². The van der Waals surface area contributed by atoms with Crippen LogP contribution in [0, 0.1) is 0 Å². The summed E-state index contributed by atoms with van der Waals surface area (Å²) >= 11 is 0. The molecule has 0 radical (unpaired) electrons. The van der Waals surface area contributed by atoms with Crippen LogP contribution in [0.15, 0.2) is 152 Å². The van der Waals surface area contributed by atoms with Crippen LogP contribution in [0.2, 0.25) is 0 Å². The number of ether oxygens (including phenoxy) is 3. The van der Waals surface area contributed by atoms with Crippen LogP contribution in [-0.2, 0) is 57.5 Å². The number of anilines is 2. The highest BCUT2D eigenvalue weighted by molar-refractivity contribution is 7.48. The monoisotopic (exact) mass is 970 g/mol. The van der Waals surface area contributed by atoms with Gasteiger partial charge in [-0.1, -0.05) is 84.9 Å². The Hall–Kier alpha value is -6.99. The molecule has 1 N–H and O–H groups in total. The highest BCUT2D eigenvalue weighted by Gasteiger charge is 2.36. The number of fused-ring (bicyclic) bond motifs is 3. The number of benzene rings is 6. The number of nitrogens with one attached hydrogen (secondary N) is 1. The van der Waals surface area contributed by atoms with E-state index in [1.165, 1.54) is 5.56 Å². The molecule has 5 heterocycles. The summed E-state index contributed by atoms with van der Waals surface area (Å²) in [5.41, 5.74) is 9.83. The van der Waals surface area contributed by atoms with Crippen LogP contribution >= 0.6 is 7.82 Å².